The summed E-state index contributed by atoms with van der Waals surface area (Å²) in [5.41, 5.74) is 1.49. The topological polar surface area (TPSA) is 67.4 Å². The molecule has 7 heteroatoms. The van der Waals surface area contributed by atoms with E-state index in [0.717, 1.165) is 23.7 Å². The van der Waals surface area contributed by atoms with Gasteiger partial charge in [0.15, 0.2) is 0 Å². The van der Waals surface area contributed by atoms with Gasteiger partial charge in [-0.3, -0.25) is 9.59 Å². The summed E-state index contributed by atoms with van der Waals surface area (Å²) >= 11 is 9.69. The summed E-state index contributed by atoms with van der Waals surface area (Å²) < 4.78 is 6.51. The Morgan fingerprint density at radius 2 is 1.80 bits per heavy atom. The quantitative estimate of drug-likeness (QED) is 0.328. The molecule has 2 aromatic rings. The molecule has 0 fully saturated rings. The predicted octanol–water partition coefficient (Wildman–Crippen LogP) is 7.05. The minimum atomic E-state index is -0.302. The van der Waals surface area contributed by atoms with E-state index in [1.807, 2.05) is 6.92 Å². The second kappa shape index (κ2) is 12.6. The zero-order valence-corrected chi connectivity index (χ0v) is 19.7. The third kappa shape index (κ3) is 7.65. The Kier molecular flexibility index (Phi) is 10.2. The number of rotatable bonds is 11. The van der Waals surface area contributed by atoms with E-state index in [9.17, 15) is 9.59 Å². The van der Waals surface area contributed by atoms with E-state index in [4.69, 9.17) is 16.3 Å². The van der Waals surface area contributed by atoms with Gasteiger partial charge in [-0.2, -0.15) is 0 Å². The molecule has 30 heavy (non-hydrogen) atoms. The first-order chi connectivity index (χ1) is 14.4. The van der Waals surface area contributed by atoms with Crippen LogP contribution < -0.4 is 15.4 Å². The van der Waals surface area contributed by atoms with Crippen LogP contribution in [0.3, 0.4) is 0 Å². The van der Waals surface area contributed by atoms with Gasteiger partial charge in [-0.15, -0.1) is 0 Å². The molecule has 0 unspecified atom stereocenters. The number of hydrogen-bond donors (Lipinski definition) is 2. The maximum atomic E-state index is 12.7. The Morgan fingerprint density at radius 3 is 2.50 bits per heavy atom. The van der Waals surface area contributed by atoms with Crippen LogP contribution in [0.25, 0.3) is 0 Å². The zero-order valence-electron chi connectivity index (χ0n) is 17.4. The van der Waals surface area contributed by atoms with Crippen LogP contribution in [0.15, 0.2) is 40.9 Å². The Hall–Kier alpha value is -2.05. The highest BCUT2D eigenvalue weighted by atomic mass is 79.9. The lowest BCUT2D eigenvalue weighted by atomic mass is 10.2. The molecule has 2 N–H and O–H groups in total. The van der Waals surface area contributed by atoms with E-state index in [1.165, 1.54) is 12.8 Å². The first kappa shape index (κ1) is 24.2. The van der Waals surface area contributed by atoms with Crippen molar-refractivity contribution >= 4 is 50.7 Å². The van der Waals surface area contributed by atoms with Gasteiger partial charge in [0.2, 0.25) is 5.91 Å². The molecule has 5 nitrogen and oxygen atoms in total. The summed E-state index contributed by atoms with van der Waals surface area (Å²) in [6.07, 6.45) is 5.74. The minimum absolute atomic E-state index is 0.0775. The van der Waals surface area contributed by atoms with E-state index in [1.54, 1.807) is 36.4 Å². The van der Waals surface area contributed by atoms with Crippen LogP contribution >= 0.6 is 27.5 Å². The largest absolute Gasteiger partial charge is 0.492 e. The Balaban J connectivity index is 2.01. The first-order valence-corrected chi connectivity index (χ1v) is 11.4. The van der Waals surface area contributed by atoms with Crippen molar-refractivity contribution in [1.82, 2.24) is 0 Å². The number of ether oxygens (including phenoxy) is 1. The van der Waals surface area contributed by atoms with Gasteiger partial charge in [-0.25, -0.2) is 0 Å². The minimum Gasteiger partial charge on any atom is -0.492 e. The van der Waals surface area contributed by atoms with Gasteiger partial charge >= 0.3 is 0 Å². The van der Waals surface area contributed by atoms with Gasteiger partial charge in [0.05, 0.1) is 21.8 Å². The molecule has 0 aliphatic carbocycles. The maximum absolute atomic E-state index is 12.7. The highest BCUT2D eigenvalue weighted by Crippen LogP contribution is 2.29. The van der Waals surface area contributed by atoms with E-state index in [-0.39, 0.29) is 11.8 Å². The fraction of sp³-hybridized carbons (Fsp3) is 0.391. The molecule has 0 radical (unpaired) electrons. The van der Waals surface area contributed by atoms with Crippen molar-refractivity contribution in [2.75, 3.05) is 17.2 Å². The van der Waals surface area contributed by atoms with Crippen molar-refractivity contribution in [3.63, 3.8) is 0 Å². The molecular weight excluding hydrogens is 468 g/mol. The predicted molar refractivity (Wildman–Crippen MR) is 127 cm³/mol. The van der Waals surface area contributed by atoms with Gasteiger partial charge in [-0.1, -0.05) is 44.7 Å². The lowest BCUT2D eigenvalue weighted by Gasteiger charge is -2.12. The molecule has 162 valence electrons. The number of unbranched alkanes of at least 4 members (excludes halogenated alkanes) is 3. The molecule has 2 rings (SSSR count). The standard InChI is InChI=1S/C23H28BrClN2O3/c1-3-5-6-7-13-30-21-12-9-16(14-18(21)24)23(29)27-20-15-17(10-11-19(20)25)26-22(28)8-4-2/h9-12,14-15H,3-8,13H2,1-2H3,(H,26,28)(H,27,29). The summed E-state index contributed by atoms with van der Waals surface area (Å²) in [5, 5.41) is 5.99. The van der Waals surface area contributed by atoms with Crippen LogP contribution in [0.4, 0.5) is 11.4 Å². The summed E-state index contributed by atoms with van der Waals surface area (Å²) in [6.45, 7) is 4.76. The van der Waals surface area contributed by atoms with Gasteiger partial charge in [0, 0.05) is 17.7 Å². The molecule has 0 aliphatic rings. The van der Waals surface area contributed by atoms with Crippen molar-refractivity contribution in [3.05, 3.63) is 51.5 Å². The number of carbonyl (C=O) groups excluding carboxylic acids is 2. The molecule has 0 aromatic heterocycles. The maximum Gasteiger partial charge on any atom is 0.255 e. The Labute approximate surface area is 191 Å². The van der Waals surface area contributed by atoms with Crippen molar-refractivity contribution in [3.8, 4) is 5.75 Å². The van der Waals surface area contributed by atoms with Crippen molar-refractivity contribution < 1.29 is 14.3 Å². The second-order valence-corrected chi connectivity index (χ2v) is 8.26. The highest BCUT2D eigenvalue weighted by Gasteiger charge is 2.12. The lowest BCUT2D eigenvalue weighted by Crippen LogP contribution is -2.14. The van der Waals surface area contributed by atoms with E-state index in [0.29, 0.717) is 40.7 Å². The van der Waals surface area contributed by atoms with Crippen molar-refractivity contribution in [2.45, 2.75) is 52.4 Å². The summed E-state index contributed by atoms with van der Waals surface area (Å²) in [6, 6.07) is 10.2. The highest BCUT2D eigenvalue weighted by molar-refractivity contribution is 9.10. The van der Waals surface area contributed by atoms with Crippen LogP contribution in [0, 0.1) is 0 Å². The molecule has 0 saturated carbocycles. The Morgan fingerprint density at radius 1 is 1.00 bits per heavy atom. The van der Waals surface area contributed by atoms with Gasteiger partial charge in [-0.05, 0) is 65.2 Å². The number of benzene rings is 2. The monoisotopic (exact) mass is 494 g/mol. The number of amides is 2. The molecule has 2 aromatic carbocycles. The number of anilines is 2. The van der Waals surface area contributed by atoms with E-state index < -0.39 is 0 Å². The fourth-order valence-corrected chi connectivity index (χ4v) is 3.47. The molecule has 0 atom stereocenters. The van der Waals surface area contributed by atoms with Gasteiger partial charge < -0.3 is 15.4 Å². The van der Waals surface area contributed by atoms with Crippen molar-refractivity contribution in [1.29, 1.82) is 0 Å². The number of halogens is 2. The number of hydrogen-bond acceptors (Lipinski definition) is 3. The Bertz CT molecular complexity index is 874. The van der Waals surface area contributed by atoms with Crippen LogP contribution in [0.5, 0.6) is 5.75 Å². The van der Waals surface area contributed by atoms with Gasteiger partial charge in [0.1, 0.15) is 5.75 Å². The van der Waals surface area contributed by atoms with Crippen molar-refractivity contribution in [2.24, 2.45) is 0 Å². The molecule has 0 aliphatic heterocycles. The number of nitrogens with one attached hydrogen (secondary N) is 2. The van der Waals surface area contributed by atoms with Crippen LogP contribution in [0.2, 0.25) is 5.02 Å². The van der Waals surface area contributed by atoms with E-state index in [2.05, 4.69) is 33.5 Å². The SMILES string of the molecule is CCCCCCOc1ccc(C(=O)Nc2cc(NC(=O)CCC)ccc2Cl)cc1Br. The molecular formula is C23H28BrClN2O3. The third-order valence-corrected chi connectivity index (χ3v) is 5.37. The smallest absolute Gasteiger partial charge is 0.255 e. The normalized spacial score (nSPS) is 10.5. The summed E-state index contributed by atoms with van der Waals surface area (Å²) in [4.78, 5) is 24.5. The average Bonchev–Trinajstić information content (AvgIpc) is 2.71. The molecule has 0 heterocycles. The lowest BCUT2D eigenvalue weighted by molar-refractivity contribution is -0.116. The summed E-state index contributed by atoms with van der Waals surface area (Å²) in [7, 11) is 0. The molecule has 0 spiro atoms. The average molecular weight is 496 g/mol. The molecule has 2 amide bonds. The van der Waals surface area contributed by atoms with Gasteiger partial charge in [0.25, 0.3) is 5.91 Å². The van der Waals surface area contributed by atoms with Crippen LogP contribution in [-0.2, 0) is 4.79 Å². The molecule has 0 bridgehead atoms. The summed E-state index contributed by atoms with van der Waals surface area (Å²) in [5.74, 6) is 0.331. The molecule has 0 saturated heterocycles. The second-order valence-electron chi connectivity index (χ2n) is 7.00. The third-order valence-electron chi connectivity index (χ3n) is 4.42. The van der Waals surface area contributed by atoms with Crippen LogP contribution in [-0.4, -0.2) is 18.4 Å². The van der Waals surface area contributed by atoms with E-state index >= 15 is 0 Å². The fourth-order valence-electron chi connectivity index (χ4n) is 2.81. The zero-order chi connectivity index (χ0) is 21.9. The van der Waals surface area contributed by atoms with Crippen LogP contribution in [0.1, 0.15) is 62.7 Å². The first-order valence-electron chi connectivity index (χ1n) is 10.3. The number of carbonyl (C=O) groups is 2.